The van der Waals surface area contributed by atoms with E-state index < -0.39 is 5.60 Å². The van der Waals surface area contributed by atoms with Crippen LogP contribution in [-0.4, -0.2) is 16.5 Å². The molecule has 0 aromatic heterocycles. The summed E-state index contributed by atoms with van der Waals surface area (Å²) in [5.74, 6) is -0.299. The molecule has 0 aromatic rings. The number of carbonyl (C=O) groups is 1. The number of aliphatic hydroxyl groups is 1. The third kappa shape index (κ3) is 8.09. The summed E-state index contributed by atoms with van der Waals surface area (Å²) in [6.45, 7) is 14.0. The van der Waals surface area contributed by atoms with E-state index >= 15 is 0 Å². The Morgan fingerprint density at radius 2 is 1.59 bits per heavy atom. The zero-order valence-corrected chi connectivity index (χ0v) is 18.1. The van der Waals surface area contributed by atoms with Gasteiger partial charge in [0, 0.05) is 0 Å². The second-order valence-electron chi connectivity index (χ2n) is 8.73. The molecule has 1 N–H and O–H groups in total. The van der Waals surface area contributed by atoms with E-state index in [1.807, 2.05) is 25.2 Å². The molecule has 0 radical (unpaired) electrons. The number of ketones is 1. The normalized spacial score (nSPS) is 19.7. The minimum Gasteiger partial charge on any atom is -0.382 e. The van der Waals surface area contributed by atoms with Crippen LogP contribution in [-0.2, 0) is 4.79 Å². The van der Waals surface area contributed by atoms with Crippen LogP contribution in [0.3, 0.4) is 0 Å². The van der Waals surface area contributed by atoms with Gasteiger partial charge < -0.3 is 5.11 Å². The van der Waals surface area contributed by atoms with Gasteiger partial charge >= 0.3 is 0 Å². The highest BCUT2D eigenvalue weighted by Crippen LogP contribution is 2.40. The van der Waals surface area contributed by atoms with Gasteiger partial charge in [0.15, 0.2) is 5.78 Å². The first-order chi connectivity index (χ1) is 12.4. The summed E-state index contributed by atoms with van der Waals surface area (Å²) in [5, 5.41) is 9.59. The van der Waals surface area contributed by atoms with Gasteiger partial charge in [0.05, 0.1) is 0 Å². The van der Waals surface area contributed by atoms with E-state index in [0.29, 0.717) is 0 Å². The van der Waals surface area contributed by atoms with Crippen LogP contribution in [0.1, 0.15) is 67.7 Å². The van der Waals surface area contributed by atoms with Crippen molar-refractivity contribution in [3.05, 3.63) is 70.9 Å². The summed E-state index contributed by atoms with van der Waals surface area (Å²) < 4.78 is 0. The van der Waals surface area contributed by atoms with E-state index in [0.717, 1.165) is 5.57 Å². The first-order valence-corrected chi connectivity index (χ1v) is 9.78. The van der Waals surface area contributed by atoms with Gasteiger partial charge in [-0.2, -0.15) is 0 Å². The molecule has 2 nitrogen and oxygen atoms in total. The molecule has 0 unspecified atom stereocenters. The van der Waals surface area contributed by atoms with Crippen molar-refractivity contribution in [1.29, 1.82) is 0 Å². The molecule has 27 heavy (non-hydrogen) atoms. The highest BCUT2D eigenvalue weighted by atomic mass is 16.3. The fraction of sp³-hybridized carbons (Fsp3) is 0.480. The van der Waals surface area contributed by atoms with Crippen molar-refractivity contribution in [2.75, 3.05) is 0 Å². The van der Waals surface area contributed by atoms with Crippen LogP contribution < -0.4 is 0 Å². The highest BCUT2D eigenvalue weighted by Gasteiger charge is 2.26. The summed E-state index contributed by atoms with van der Waals surface area (Å²) in [7, 11) is 0. The van der Waals surface area contributed by atoms with Gasteiger partial charge in [0.2, 0.25) is 0 Å². The molecule has 1 aliphatic carbocycles. The minimum absolute atomic E-state index is 0.265. The second-order valence-corrected chi connectivity index (χ2v) is 8.73. The lowest BCUT2D eigenvalue weighted by Crippen LogP contribution is -2.29. The molecule has 0 atom stereocenters. The van der Waals surface area contributed by atoms with Gasteiger partial charge in [-0.25, -0.2) is 0 Å². The standard InChI is InChI=1S/C25H36O2/c1-19(13-9-15-23(26)25(6,7)27)11-8-12-20(2)16-17-22-21(3)14-10-18-24(22,4)5/h8-9,11-13,15-17,27H,10,14,18H2,1-7H3/b11-8+,15-9+,17-16+,19-13+,20-12+. The Morgan fingerprint density at radius 1 is 1.04 bits per heavy atom. The summed E-state index contributed by atoms with van der Waals surface area (Å²) >= 11 is 0. The van der Waals surface area contributed by atoms with Crippen LogP contribution in [0.4, 0.5) is 0 Å². The summed E-state index contributed by atoms with van der Waals surface area (Å²) in [6.07, 6.45) is 19.3. The number of rotatable bonds is 7. The fourth-order valence-corrected chi connectivity index (χ4v) is 3.18. The number of hydrogen-bond donors (Lipinski definition) is 1. The Labute approximate surface area is 165 Å². The Kier molecular flexibility index (Phi) is 8.43. The molecule has 0 bridgehead atoms. The molecular weight excluding hydrogens is 332 g/mol. The molecule has 0 aliphatic heterocycles. The Balaban J connectivity index is 2.72. The molecule has 0 heterocycles. The van der Waals surface area contributed by atoms with Crippen molar-refractivity contribution in [3.8, 4) is 0 Å². The van der Waals surface area contributed by atoms with Crippen molar-refractivity contribution >= 4 is 5.78 Å². The van der Waals surface area contributed by atoms with Crippen molar-refractivity contribution in [1.82, 2.24) is 0 Å². The topological polar surface area (TPSA) is 37.3 Å². The zero-order chi connectivity index (χ0) is 20.7. The lowest BCUT2D eigenvalue weighted by atomic mass is 9.72. The van der Waals surface area contributed by atoms with Gasteiger partial charge in [-0.15, -0.1) is 0 Å². The fourth-order valence-electron chi connectivity index (χ4n) is 3.18. The van der Waals surface area contributed by atoms with Gasteiger partial charge in [0.25, 0.3) is 0 Å². The third-order valence-electron chi connectivity index (χ3n) is 4.98. The van der Waals surface area contributed by atoms with Gasteiger partial charge in [-0.3, -0.25) is 4.79 Å². The van der Waals surface area contributed by atoms with Crippen LogP contribution in [0.5, 0.6) is 0 Å². The lowest BCUT2D eigenvalue weighted by Gasteiger charge is -2.32. The van der Waals surface area contributed by atoms with Crippen LogP contribution in [0, 0.1) is 5.41 Å². The first-order valence-electron chi connectivity index (χ1n) is 9.78. The maximum absolute atomic E-state index is 11.6. The Hall–Kier alpha value is -1.93. The lowest BCUT2D eigenvalue weighted by molar-refractivity contribution is -0.128. The van der Waals surface area contributed by atoms with Crippen LogP contribution in [0.25, 0.3) is 0 Å². The van der Waals surface area contributed by atoms with Crippen molar-refractivity contribution in [3.63, 3.8) is 0 Å². The Morgan fingerprint density at radius 3 is 2.15 bits per heavy atom. The predicted molar refractivity (Wildman–Crippen MR) is 117 cm³/mol. The van der Waals surface area contributed by atoms with Gasteiger partial charge in [0.1, 0.15) is 5.60 Å². The van der Waals surface area contributed by atoms with E-state index in [1.165, 1.54) is 55.9 Å². The van der Waals surface area contributed by atoms with Crippen LogP contribution in [0.2, 0.25) is 0 Å². The van der Waals surface area contributed by atoms with Gasteiger partial charge in [-0.05, 0) is 70.9 Å². The second kappa shape index (κ2) is 9.85. The maximum Gasteiger partial charge on any atom is 0.186 e. The third-order valence-corrected chi connectivity index (χ3v) is 4.98. The maximum atomic E-state index is 11.6. The monoisotopic (exact) mass is 368 g/mol. The first kappa shape index (κ1) is 23.1. The van der Waals surface area contributed by atoms with E-state index in [1.54, 1.807) is 6.08 Å². The number of allylic oxidation sites excluding steroid dienone is 11. The molecule has 0 amide bonds. The number of carbonyl (C=O) groups excluding carboxylic acids is 1. The Bertz CT molecular complexity index is 714. The average Bonchev–Trinajstić information content (AvgIpc) is 2.52. The van der Waals surface area contributed by atoms with E-state index in [9.17, 15) is 9.90 Å². The molecule has 1 rings (SSSR count). The molecule has 1 aliphatic rings. The largest absolute Gasteiger partial charge is 0.382 e. The van der Waals surface area contributed by atoms with Crippen molar-refractivity contribution in [2.45, 2.75) is 73.3 Å². The molecule has 0 spiro atoms. The summed E-state index contributed by atoms with van der Waals surface area (Å²) in [4.78, 5) is 11.6. The predicted octanol–water partition coefficient (Wildman–Crippen LogP) is 6.41. The van der Waals surface area contributed by atoms with E-state index in [-0.39, 0.29) is 11.2 Å². The smallest absolute Gasteiger partial charge is 0.186 e. The molecule has 0 aromatic carbocycles. The van der Waals surface area contributed by atoms with Crippen LogP contribution >= 0.6 is 0 Å². The van der Waals surface area contributed by atoms with E-state index in [2.05, 4.69) is 45.9 Å². The van der Waals surface area contributed by atoms with E-state index in [4.69, 9.17) is 0 Å². The molecule has 0 saturated heterocycles. The van der Waals surface area contributed by atoms with Crippen LogP contribution in [0.15, 0.2) is 70.9 Å². The quantitative estimate of drug-likeness (QED) is 0.416. The highest BCUT2D eigenvalue weighted by molar-refractivity contribution is 5.96. The average molecular weight is 369 g/mol. The van der Waals surface area contributed by atoms with Crippen molar-refractivity contribution in [2.24, 2.45) is 5.41 Å². The van der Waals surface area contributed by atoms with Gasteiger partial charge in [-0.1, -0.05) is 73.1 Å². The number of hydrogen-bond acceptors (Lipinski definition) is 2. The van der Waals surface area contributed by atoms with Crippen molar-refractivity contribution < 1.29 is 9.90 Å². The summed E-state index contributed by atoms with van der Waals surface area (Å²) in [5.41, 5.74) is 4.17. The zero-order valence-electron chi connectivity index (χ0n) is 18.1. The minimum atomic E-state index is -1.32. The molecule has 148 valence electrons. The molecule has 0 saturated carbocycles. The SMILES string of the molecule is CC1=C(/C=C/C(C)=C/C=C/C(C)=C/C=C/C(=O)C(C)(C)O)C(C)(C)CCC1. The molecular formula is C25H36O2. The summed E-state index contributed by atoms with van der Waals surface area (Å²) in [6, 6.07) is 0. The molecule has 2 heteroatoms. The molecule has 0 fully saturated rings.